The van der Waals surface area contributed by atoms with Crippen molar-refractivity contribution < 1.29 is 20.0 Å². The van der Waals surface area contributed by atoms with Crippen LogP contribution in [0.15, 0.2) is 78.9 Å². The van der Waals surface area contributed by atoms with Gasteiger partial charge in [0.1, 0.15) is 0 Å². The van der Waals surface area contributed by atoms with Gasteiger partial charge in [-0.05, 0) is 0 Å². The Kier molecular flexibility index (Phi) is 6.82. The molecule has 0 aromatic heterocycles. The van der Waals surface area contributed by atoms with E-state index in [0.29, 0.717) is 0 Å². The van der Waals surface area contributed by atoms with Crippen LogP contribution in [0.5, 0.6) is 0 Å². The van der Waals surface area contributed by atoms with Gasteiger partial charge in [0.2, 0.25) is 0 Å². The van der Waals surface area contributed by atoms with Gasteiger partial charge in [0.05, 0.1) is 0 Å². The van der Waals surface area contributed by atoms with Gasteiger partial charge in [-0.2, -0.15) is 0 Å². The molecule has 0 fully saturated rings. The summed E-state index contributed by atoms with van der Waals surface area (Å²) in [6, 6.07) is 26.5. The fourth-order valence-electron chi connectivity index (χ4n) is 6.20. The third-order valence-corrected chi connectivity index (χ3v) is 60.8. The van der Waals surface area contributed by atoms with E-state index in [1.54, 1.807) is 0 Å². The summed E-state index contributed by atoms with van der Waals surface area (Å²) >= 11 is -4.58. The molecular formula is C29H35Cl2OSi2Zr. The van der Waals surface area contributed by atoms with E-state index in [2.05, 4.69) is 112 Å². The molecule has 0 bridgehead atoms. The Labute approximate surface area is 220 Å². The Morgan fingerprint density at radius 2 is 1.26 bits per heavy atom. The van der Waals surface area contributed by atoms with Gasteiger partial charge in [0.15, 0.2) is 0 Å². The molecule has 1 unspecified atom stereocenters. The minimum atomic E-state index is -4.58. The number of hydrogen-bond donors (Lipinski definition) is 0. The molecule has 183 valence electrons. The topological polar surface area (TPSA) is 9.23 Å². The number of allylic oxidation sites excluding steroid dienone is 1. The van der Waals surface area contributed by atoms with Gasteiger partial charge in [-0.1, -0.05) is 0 Å². The first-order valence-electron chi connectivity index (χ1n) is 12.7. The predicted octanol–water partition coefficient (Wildman–Crippen LogP) is 9.12. The Bertz CT molecular complexity index is 1270. The first-order chi connectivity index (χ1) is 16.5. The monoisotopic (exact) mass is 615 g/mol. The summed E-state index contributed by atoms with van der Waals surface area (Å²) < 4.78 is 6.49. The number of benzene rings is 3. The molecule has 0 radical (unpaired) electrons. The Balaban J connectivity index is 1.68. The van der Waals surface area contributed by atoms with Crippen molar-refractivity contribution in [1.29, 1.82) is 0 Å². The summed E-state index contributed by atoms with van der Waals surface area (Å²) in [6.07, 6.45) is 3.38. The molecule has 3 aromatic rings. The van der Waals surface area contributed by atoms with Crippen LogP contribution in [0.4, 0.5) is 0 Å². The number of fused-ring (bicyclic) bond motifs is 4. The molecule has 2 aliphatic rings. The van der Waals surface area contributed by atoms with E-state index in [1.165, 1.54) is 39.0 Å². The van der Waals surface area contributed by atoms with Crippen LogP contribution in [0.3, 0.4) is 0 Å². The molecule has 35 heavy (non-hydrogen) atoms. The molecule has 0 saturated carbocycles. The number of rotatable bonds is 7. The zero-order valence-electron chi connectivity index (χ0n) is 21.3. The molecular weight excluding hydrogens is 583 g/mol. The Morgan fingerprint density at radius 3 is 1.77 bits per heavy atom. The molecule has 1 nitrogen and oxygen atoms in total. The summed E-state index contributed by atoms with van der Waals surface area (Å²) in [4.78, 5) is 0. The van der Waals surface area contributed by atoms with Crippen molar-refractivity contribution in [3.05, 3.63) is 101 Å². The fraction of sp³-hybridized carbons (Fsp3) is 0.310. The van der Waals surface area contributed by atoms with Crippen LogP contribution in [0.25, 0.3) is 16.7 Å². The van der Waals surface area contributed by atoms with Crippen LogP contribution >= 0.6 is 17.0 Å². The van der Waals surface area contributed by atoms with E-state index in [9.17, 15) is 0 Å². The number of halogens is 2. The summed E-state index contributed by atoms with van der Waals surface area (Å²) in [7, 11) is 15.0. The first kappa shape index (κ1) is 25.9. The Hall–Kier alpha value is -0.743. The molecule has 1 atom stereocenters. The van der Waals surface area contributed by atoms with E-state index in [4.69, 9.17) is 21.5 Å². The van der Waals surface area contributed by atoms with E-state index >= 15 is 0 Å². The van der Waals surface area contributed by atoms with Gasteiger partial charge in [-0.25, -0.2) is 0 Å². The first-order valence-corrected chi connectivity index (χ1v) is 32.4. The van der Waals surface area contributed by atoms with E-state index in [-0.39, 0.29) is 7.25 Å². The summed E-state index contributed by atoms with van der Waals surface area (Å²) in [5.41, 5.74) is 9.33. The summed E-state index contributed by atoms with van der Waals surface area (Å²) in [6.45, 7) is 12.3. The van der Waals surface area contributed by atoms with Crippen LogP contribution in [0.2, 0.25) is 32.7 Å². The van der Waals surface area contributed by atoms with E-state index in [0.717, 1.165) is 13.0 Å². The van der Waals surface area contributed by atoms with E-state index < -0.39 is 29.8 Å². The average Bonchev–Trinajstić information content (AvgIpc) is 3.36. The van der Waals surface area contributed by atoms with Gasteiger partial charge >= 0.3 is 222 Å². The van der Waals surface area contributed by atoms with Crippen molar-refractivity contribution in [2.45, 2.75) is 46.4 Å². The molecule has 2 aliphatic carbocycles. The molecule has 6 heteroatoms. The van der Waals surface area contributed by atoms with Crippen LogP contribution in [-0.4, -0.2) is 20.8 Å². The van der Waals surface area contributed by atoms with Crippen molar-refractivity contribution in [3.8, 4) is 11.1 Å². The van der Waals surface area contributed by atoms with Crippen LogP contribution < -0.4 is 0 Å². The summed E-state index contributed by atoms with van der Waals surface area (Å²) in [5, 5.41) is 0. The second kappa shape index (κ2) is 9.22. The van der Waals surface area contributed by atoms with Crippen molar-refractivity contribution in [1.82, 2.24) is 0 Å². The van der Waals surface area contributed by atoms with Gasteiger partial charge in [-0.3, -0.25) is 0 Å². The second-order valence-corrected chi connectivity index (χ2v) is 58.6. The third-order valence-electron chi connectivity index (χ3n) is 8.00. The van der Waals surface area contributed by atoms with Crippen molar-refractivity contribution in [2.24, 2.45) is 0 Å². The van der Waals surface area contributed by atoms with Crippen LogP contribution in [-0.2, 0) is 20.0 Å². The van der Waals surface area contributed by atoms with Crippen molar-refractivity contribution in [3.63, 3.8) is 0 Å². The quantitative estimate of drug-likeness (QED) is 0.240. The zero-order valence-corrected chi connectivity index (χ0v) is 27.4. The molecule has 0 N–H and O–H groups in total. The molecule has 0 aliphatic heterocycles. The number of hydrogen-bond acceptors (Lipinski definition) is 1. The molecule has 5 rings (SSSR count). The standard InChI is InChI=1S/C14H19OSi.C13H9.C2H7Si.2ClH.Zr/c1-16(2,3)15-11-10-13-9-8-12-6-4-5-7-14(12)13;1-3-7-12-10(5-1)9-11-6-2-4-8-13(11)12;1-3-2;;;/h4-9H,10-11H2,1-3H3;1-9H;3H,1-2H3;2*1H;/q;;;;;+2/p-2. The van der Waals surface area contributed by atoms with Crippen molar-refractivity contribution in [2.75, 3.05) is 6.61 Å². The van der Waals surface area contributed by atoms with Gasteiger partial charge < -0.3 is 0 Å². The van der Waals surface area contributed by atoms with Crippen molar-refractivity contribution >= 4 is 36.8 Å². The molecule has 3 aromatic carbocycles. The average molecular weight is 618 g/mol. The third kappa shape index (κ3) is 4.27. The van der Waals surface area contributed by atoms with Gasteiger partial charge in [0.25, 0.3) is 0 Å². The second-order valence-electron chi connectivity index (χ2n) is 11.5. The normalized spacial score (nSPS) is 18.6. The SMILES string of the molecule is C[SiH](C)[Zr]([Cl])([Cl])([CH]1C=C(CCO[Si](C)(C)C)c2ccccc21)[CH]1c2ccccc2-c2ccccc21. The minimum absolute atomic E-state index is 0.116. The Morgan fingerprint density at radius 1 is 0.771 bits per heavy atom. The molecule has 0 saturated heterocycles. The zero-order chi connectivity index (χ0) is 25.0. The summed E-state index contributed by atoms with van der Waals surface area (Å²) in [5.74, 6) is -1.51. The van der Waals surface area contributed by atoms with Crippen LogP contribution in [0.1, 0.15) is 35.9 Å². The van der Waals surface area contributed by atoms with Gasteiger partial charge in [-0.15, -0.1) is 0 Å². The predicted molar refractivity (Wildman–Crippen MR) is 155 cm³/mol. The molecule has 0 heterocycles. The fourth-order valence-corrected chi connectivity index (χ4v) is 35.6. The maximum atomic E-state index is 8.27. The molecule has 0 spiro atoms. The maximum absolute atomic E-state index is 8.27. The van der Waals surface area contributed by atoms with Gasteiger partial charge in [0, 0.05) is 0 Å². The van der Waals surface area contributed by atoms with Crippen LogP contribution in [0, 0.1) is 0 Å². The molecule has 0 amide bonds. The van der Waals surface area contributed by atoms with E-state index in [1.807, 2.05) is 0 Å².